The number of amides is 2. The van der Waals surface area contributed by atoms with Gasteiger partial charge in [-0.3, -0.25) is 15.0 Å². The predicted octanol–water partition coefficient (Wildman–Crippen LogP) is 6.03. The predicted molar refractivity (Wildman–Crippen MR) is 152 cm³/mol. The van der Waals surface area contributed by atoms with Gasteiger partial charge in [-0.15, -0.1) is 6.58 Å². The Morgan fingerprint density at radius 1 is 1.33 bits per heavy atom. The molecule has 1 aromatic heterocycles. The Balaban J connectivity index is 2.54. The Kier molecular flexibility index (Phi) is 10.4. The number of nitrogens with one attached hydrogen (secondary N) is 1. The van der Waals surface area contributed by atoms with Gasteiger partial charge in [0.05, 0.1) is 27.9 Å². The smallest absolute Gasteiger partial charge is 0.411 e. The number of ether oxygens (including phenoxy) is 2. The Labute approximate surface area is 229 Å². The van der Waals surface area contributed by atoms with Crippen molar-refractivity contribution >= 4 is 31.6 Å². The summed E-state index contributed by atoms with van der Waals surface area (Å²) in [6.45, 7) is 16.4. The van der Waals surface area contributed by atoms with E-state index in [-0.39, 0.29) is 29.4 Å². The van der Waals surface area contributed by atoms with Gasteiger partial charge in [0.1, 0.15) is 18.2 Å². The summed E-state index contributed by atoms with van der Waals surface area (Å²) in [5.41, 5.74) is -0.413. The average molecular weight is 562 g/mol. The highest BCUT2D eigenvalue weighted by molar-refractivity contribution is 6.76. The highest BCUT2D eigenvalue weighted by Gasteiger charge is 2.27. The maximum Gasteiger partial charge on any atom is 0.411 e. The first-order chi connectivity index (χ1) is 18.0. The summed E-state index contributed by atoms with van der Waals surface area (Å²) in [6, 6.07) is 4.41. The summed E-state index contributed by atoms with van der Waals surface area (Å²) in [4.78, 5) is 40.9. The van der Waals surface area contributed by atoms with E-state index in [0.717, 1.165) is 10.9 Å². The molecule has 2 amide bonds. The number of hydrogen-bond acceptors (Lipinski definition) is 7. The van der Waals surface area contributed by atoms with E-state index in [9.17, 15) is 24.8 Å². The Hall–Kier alpha value is -3.71. The molecule has 0 bridgehead atoms. The number of carboxylic acid groups (broad SMARTS) is 1. The molecule has 0 fully saturated rings. The molecular formula is C26H39N5O7Si. The molecule has 0 unspecified atom stereocenters. The van der Waals surface area contributed by atoms with Crippen molar-refractivity contribution in [1.29, 1.82) is 0 Å². The molecule has 0 radical (unpaired) electrons. The van der Waals surface area contributed by atoms with E-state index in [2.05, 4.69) is 36.5 Å². The van der Waals surface area contributed by atoms with Crippen LogP contribution in [0.2, 0.25) is 25.7 Å². The van der Waals surface area contributed by atoms with Gasteiger partial charge >= 0.3 is 12.2 Å². The second-order valence-corrected chi connectivity index (χ2v) is 16.9. The number of hydrogen-bond donors (Lipinski definition) is 2. The molecule has 2 N–H and O–H groups in total. The fourth-order valence-corrected chi connectivity index (χ4v) is 4.29. The van der Waals surface area contributed by atoms with Crippen molar-refractivity contribution in [3.05, 3.63) is 53.0 Å². The number of nitro groups is 1. The number of carbonyl (C=O) groups excluding carboxylic acids is 1. The van der Waals surface area contributed by atoms with E-state index >= 15 is 0 Å². The average Bonchev–Trinajstić information content (AvgIpc) is 3.22. The lowest BCUT2D eigenvalue weighted by molar-refractivity contribution is -0.384. The van der Waals surface area contributed by atoms with Crippen LogP contribution in [0.3, 0.4) is 0 Å². The number of rotatable bonds is 12. The molecule has 2 rings (SSSR count). The van der Waals surface area contributed by atoms with Crippen LogP contribution >= 0.6 is 0 Å². The highest BCUT2D eigenvalue weighted by Crippen LogP contribution is 2.34. The van der Waals surface area contributed by atoms with Crippen LogP contribution in [0.1, 0.15) is 39.1 Å². The third-order valence-electron chi connectivity index (χ3n) is 5.57. The summed E-state index contributed by atoms with van der Waals surface area (Å²) in [5.74, 6) is 0.407. The summed E-state index contributed by atoms with van der Waals surface area (Å²) < 4.78 is 13.1. The topological polar surface area (TPSA) is 149 Å². The van der Waals surface area contributed by atoms with Gasteiger partial charge in [0.2, 0.25) is 0 Å². The molecule has 39 heavy (non-hydrogen) atoms. The van der Waals surface area contributed by atoms with Gasteiger partial charge in [-0.05, 0) is 45.4 Å². The Bertz CT molecular complexity index is 1200. The molecule has 214 valence electrons. The fourth-order valence-electron chi connectivity index (χ4n) is 3.53. The highest BCUT2D eigenvalue weighted by atomic mass is 28.3. The van der Waals surface area contributed by atoms with Crippen LogP contribution in [0.5, 0.6) is 0 Å². The Morgan fingerprint density at radius 3 is 2.54 bits per heavy atom. The summed E-state index contributed by atoms with van der Waals surface area (Å²) in [6.07, 6.45) is 1.68. The van der Waals surface area contributed by atoms with E-state index in [4.69, 9.17) is 9.47 Å². The van der Waals surface area contributed by atoms with Crippen LogP contribution in [-0.4, -0.2) is 59.1 Å². The first-order valence-corrected chi connectivity index (χ1v) is 16.2. The summed E-state index contributed by atoms with van der Waals surface area (Å²) in [5, 5.41) is 24.0. The maximum atomic E-state index is 12.6. The molecule has 0 saturated heterocycles. The number of nitro benzene ring substituents is 1. The molecule has 0 aliphatic rings. The number of alkyl carbamates (subject to hydrolysis) is 1. The molecule has 0 spiro atoms. The van der Waals surface area contributed by atoms with Crippen molar-refractivity contribution in [2.75, 3.05) is 18.6 Å². The maximum absolute atomic E-state index is 12.6. The zero-order chi connectivity index (χ0) is 29.5. The van der Waals surface area contributed by atoms with E-state index in [1.807, 2.05) is 0 Å². The van der Waals surface area contributed by atoms with Crippen LogP contribution in [0.15, 0.2) is 37.1 Å². The molecule has 0 aliphatic carbocycles. The Morgan fingerprint density at radius 2 is 2.00 bits per heavy atom. The molecule has 1 heterocycles. The molecule has 12 nitrogen and oxygen atoms in total. The molecule has 2 aromatic rings. The lowest BCUT2D eigenvalue weighted by Gasteiger charge is -2.23. The molecule has 0 saturated carbocycles. The fraction of sp³-hybridized carbons (Fsp3) is 0.500. The molecular weight excluding hydrogens is 522 g/mol. The van der Waals surface area contributed by atoms with E-state index in [1.54, 1.807) is 37.6 Å². The standard InChI is InChI=1S/C26H39N5O7Si/c1-9-10-20(28-24(32)38-26(2,3)4)23-27-21(16-30(23)17-37-13-14-39(6,7)8)19-12-11-18(29(5)25(33)34)15-22(19)31(35)36/h9,11-12,15-16,20H,1,10,13-14,17H2,2-8H3,(H,28,32)(H,33,34)/t20-/m0/s1. The van der Waals surface area contributed by atoms with Crippen LogP contribution < -0.4 is 10.2 Å². The van der Waals surface area contributed by atoms with Gasteiger partial charge in [0.25, 0.3) is 5.69 Å². The monoisotopic (exact) mass is 561 g/mol. The quantitative estimate of drug-likeness (QED) is 0.105. The molecule has 0 aliphatic heterocycles. The van der Waals surface area contributed by atoms with E-state index in [0.29, 0.717) is 18.9 Å². The number of benzene rings is 1. The van der Waals surface area contributed by atoms with Crippen LogP contribution in [0.25, 0.3) is 11.3 Å². The van der Waals surface area contributed by atoms with E-state index in [1.165, 1.54) is 25.2 Å². The summed E-state index contributed by atoms with van der Waals surface area (Å²) >= 11 is 0. The van der Waals surface area contributed by atoms with Crippen LogP contribution in [0.4, 0.5) is 21.0 Å². The van der Waals surface area contributed by atoms with Crippen LogP contribution in [0, 0.1) is 10.1 Å². The van der Waals surface area contributed by atoms with Crippen molar-refractivity contribution < 1.29 is 29.1 Å². The number of aromatic nitrogens is 2. The largest absolute Gasteiger partial charge is 0.465 e. The molecule has 1 aromatic carbocycles. The van der Waals surface area contributed by atoms with Crippen molar-refractivity contribution in [2.45, 2.75) is 71.3 Å². The molecule has 1 atom stereocenters. The normalized spacial score (nSPS) is 12.5. The SMILES string of the molecule is C=CC[C@H](NC(=O)OC(C)(C)C)c1nc(-c2ccc(N(C)C(=O)O)cc2[N+](=O)[O-])cn1COCC[Si](C)(C)C. The van der Waals surface area contributed by atoms with Crippen molar-refractivity contribution in [3.8, 4) is 11.3 Å². The van der Waals surface area contributed by atoms with Crippen molar-refractivity contribution in [3.63, 3.8) is 0 Å². The summed E-state index contributed by atoms with van der Waals surface area (Å²) in [7, 11) is -0.0365. The van der Waals surface area contributed by atoms with Crippen molar-refractivity contribution in [1.82, 2.24) is 14.9 Å². The number of nitrogens with zero attached hydrogens (tertiary/aromatic N) is 4. The lowest BCUT2D eigenvalue weighted by Crippen LogP contribution is -2.36. The minimum atomic E-state index is -1.34. The van der Waals surface area contributed by atoms with Crippen molar-refractivity contribution in [2.24, 2.45) is 0 Å². The second-order valence-electron chi connectivity index (χ2n) is 11.3. The first kappa shape index (κ1) is 31.5. The zero-order valence-corrected chi connectivity index (χ0v) is 24.7. The minimum absolute atomic E-state index is 0.115. The van der Waals surface area contributed by atoms with Gasteiger partial charge in [0.15, 0.2) is 0 Å². The second kappa shape index (κ2) is 12.9. The first-order valence-electron chi connectivity index (χ1n) is 12.5. The van der Waals surface area contributed by atoms with Gasteiger partial charge in [-0.2, -0.15) is 0 Å². The van der Waals surface area contributed by atoms with E-state index < -0.39 is 36.8 Å². The van der Waals surface area contributed by atoms with Gasteiger partial charge in [-0.25, -0.2) is 14.6 Å². The third-order valence-corrected chi connectivity index (χ3v) is 7.27. The minimum Gasteiger partial charge on any atom is -0.465 e. The number of carbonyl (C=O) groups is 2. The lowest BCUT2D eigenvalue weighted by atomic mass is 10.1. The number of imidazole rings is 1. The van der Waals surface area contributed by atoms with Gasteiger partial charge in [-0.1, -0.05) is 25.7 Å². The van der Waals surface area contributed by atoms with Gasteiger partial charge in [0, 0.05) is 34.0 Å². The zero-order valence-electron chi connectivity index (χ0n) is 23.7. The molecule has 13 heteroatoms. The third kappa shape index (κ3) is 9.52. The number of anilines is 1. The van der Waals surface area contributed by atoms with Crippen LogP contribution in [-0.2, 0) is 16.2 Å². The van der Waals surface area contributed by atoms with Gasteiger partial charge < -0.3 is 24.5 Å².